The monoisotopic (exact) mass is 723 g/mol. The first-order valence-corrected chi connectivity index (χ1v) is 19.0. The zero-order valence-electron chi connectivity index (χ0n) is 32.5. The molecule has 2 rings (SSSR count). The Kier molecular flexibility index (Phi) is 18.4. The topological polar surface area (TPSA) is 139 Å². The molecule has 13 heteroatoms. The average Bonchev–Trinajstić information content (AvgIpc) is 3.77. The number of methoxy groups -OCH3 is 3. The van der Waals surface area contributed by atoms with Crippen molar-refractivity contribution in [3.63, 3.8) is 0 Å². The lowest BCUT2D eigenvalue weighted by Gasteiger charge is -2.41. The Balaban J connectivity index is 2.28. The SMILES string of the molecule is CC[C@H](C)[C@@H]([C@@H](CC(=O)N1C[C@H](OC)C[C@H]1[C@H](OC)[C@@H](C)C(=O)NCCc1cccs1)OC)N(C)C(=O)[C@@H](NC(=O)[C@@H](NC)C(C)C)C(C)C. The van der Waals surface area contributed by atoms with E-state index >= 15 is 0 Å². The van der Waals surface area contributed by atoms with E-state index in [9.17, 15) is 19.2 Å². The number of nitrogens with one attached hydrogen (secondary N) is 3. The molecule has 1 fully saturated rings. The maximum absolute atomic E-state index is 14.2. The highest BCUT2D eigenvalue weighted by Gasteiger charge is 2.45. The number of carbonyl (C=O) groups excluding carboxylic acids is 4. The summed E-state index contributed by atoms with van der Waals surface area (Å²) in [6, 6.07) is 2.00. The molecule has 4 amide bonds. The van der Waals surface area contributed by atoms with Crippen molar-refractivity contribution in [1.82, 2.24) is 25.8 Å². The second kappa shape index (κ2) is 21.1. The predicted octanol–water partition coefficient (Wildman–Crippen LogP) is 3.34. The van der Waals surface area contributed by atoms with Gasteiger partial charge in [-0.2, -0.15) is 0 Å². The van der Waals surface area contributed by atoms with Crippen LogP contribution >= 0.6 is 11.3 Å². The molecular formula is C37H65N5O7S. The van der Waals surface area contributed by atoms with Crippen LogP contribution in [0.1, 0.15) is 72.6 Å². The minimum absolute atomic E-state index is 0.0156. The molecule has 0 radical (unpaired) electrons. The highest BCUT2D eigenvalue weighted by atomic mass is 32.1. The maximum Gasteiger partial charge on any atom is 0.245 e. The summed E-state index contributed by atoms with van der Waals surface area (Å²) in [6.07, 6.45) is 0.636. The number of ether oxygens (including phenoxy) is 3. The van der Waals surface area contributed by atoms with Crippen LogP contribution in [0.4, 0.5) is 0 Å². The Labute approximate surface area is 304 Å². The van der Waals surface area contributed by atoms with E-state index in [0.29, 0.717) is 19.5 Å². The van der Waals surface area contributed by atoms with Gasteiger partial charge in [-0.05, 0) is 49.1 Å². The smallest absolute Gasteiger partial charge is 0.245 e. The fourth-order valence-electron chi connectivity index (χ4n) is 7.13. The number of amides is 4. The molecule has 0 aromatic carbocycles. The highest BCUT2D eigenvalue weighted by Crippen LogP contribution is 2.31. The van der Waals surface area contributed by atoms with Gasteiger partial charge in [-0.25, -0.2) is 0 Å². The maximum atomic E-state index is 14.2. The third-order valence-corrected chi connectivity index (χ3v) is 11.3. The van der Waals surface area contributed by atoms with Crippen LogP contribution in [0.2, 0.25) is 0 Å². The third kappa shape index (κ3) is 11.5. The molecule has 1 saturated heterocycles. The Morgan fingerprint density at radius 1 is 1.00 bits per heavy atom. The molecule has 286 valence electrons. The van der Waals surface area contributed by atoms with Crippen molar-refractivity contribution in [3.05, 3.63) is 22.4 Å². The van der Waals surface area contributed by atoms with Crippen LogP contribution in [0.25, 0.3) is 0 Å². The molecule has 1 aromatic heterocycles. The van der Waals surface area contributed by atoms with E-state index in [4.69, 9.17) is 14.2 Å². The van der Waals surface area contributed by atoms with Crippen molar-refractivity contribution in [2.24, 2.45) is 23.7 Å². The number of thiophene rings is 1. The fraction of sp³-hybridized carbons (Fsp3) is 0.784. The van der Waals surface area contributed by atoms with E-state index in [-0.39, 0.29) is 53.9 Å². The molecule has 0 spiro atoms. The van der Waals surface area contributed by atoms with Crippen LogP contribution in [0.15, 0.2) is 17.5 Å². The van der Waals surface area contributed by atoms with Gasteiger partial charge in [-0.3, -0.25) is 19.2 Å². The third-order valence-electron chi connectivity index (χ3n) is 10.3. The van der Waals surface area contributed by atoms with Crippen molar-refractivity contribution in [1.29, 1.82) is 0 Å². The number of rotatable bonds is 21. The van der Waals surface area contributed by atoms with Gasteiger partial charge in [-0.1, -0.05) is 61.0 Å². The molecule has 2 heterocycles. The number of nitrogens with zero attached hydrogens (tertiary/aromatic N) is 2. The quantitative estimate of drug-likeness (QED) is 0.176. The lowest BCUT2D eigenvalue weighted by molar-refractivity contribution is -0.147. The summed E-state index contributed by atoms with van der Waals surface area (Å²) < 4.78 is 17.7. The van der Waals surface area contributed by atoms with E-state index in [0.717, 1.165) is 12.8 Å². The number of hydrogen-bond donors (Lipinski definition) is 3. The molecule has 0 unspecified atom stereocenters. The molecule has 9 atom stereocenters. The molecule has 0 aliphatic carbocycles. The zero-order chi connectivity index (χ0) is 37.7. The van der Waals surface area contributed by atoms with Crippen LogP contribution in [0.3, 0.4) is 0 Å². The van der Waals surface area contributed by atoms with Gasteiger partial charge in [0.1, 0.15) is 6.04 Å². The molecule has 0 bridgehead atoms. The molecule has 1 aromatic rings. The minimum Gasteiger partial charge on any atom is -0.380 e. The van der Waals surface area contributed by atoms with Gasteiger partial charge < -0.3 is 40.0 Å². The van der Waals surface area contributed by atoms with Crippen LogP contribution in [0, 0.1) is 23.7 Å². The molecule has 3 N–H and O–H groups in total. The van der Waals surface area contributed by atoms with E-state index < -0.39 is 42.3 Å². The second-order valence-electron chi connectivity index (χ2n) is 14.4. The summed E-state index contributed by atoms with van der Waals surface area (Å²) in [5.74, 6) is -1.42. The highest BCUT2D eigenvalue weighted by molar-refractivity contribution is 7.09. The largest absolute Gasteiger partial charge is 0.380 e. The first-order valence-electron chi connectivity index (χ1n) is 18.1. The van der Waals surface area contributed by atoms with Gasteiger partial charge in [0, 0.05) is 46.3 Å². The number of likely N-dealkylation sites (N-methyl/N-ethyl adjacent to an activating group) is 2. The van der Waals surface area contributed by atoms with Crippen molar-refractivity contribution in [2.45, 2.75) is 117 Å². The van der Waals surface area contributed by atoms with Crippen molar-refractivity contribution >= 4 is 35.0 Å². The first kappa shape index (κ1) is 43.6. The zero-order valence-corrected chi connectivity index (χ0v) is 33.3. The molecular weight excluding hydrogens is 659 g/mol. The minimum atomic E-state index is -0.757. The van der Waals surface area contributed by atoms with Crippen molar-refractivity contribution < 1.29 is 33.4 Å². The molecule has 1 aliphatic rings. The van der Waals surface area contributed by atoms with E-state index in [1.54, 1.807) is 56.6 Å². The summed E-state index contributed by atoms with van der Waals surface area (Å²) in [7, 11) is 8.23. The Hall–Kier alpha value is -2.58. The lowest BCUT2D eigenvalue weighted by atomic mass is 9.89. The number of hydrogen-bond acceptors (Lipinski definition) is 9. The Morgan fingerprint density at radius 3 is 2.16 bits per heavy atom. The van der Waals surface area contributed by atoms with Gasteiger partial charge in [0.2, 0.25) is 23.6 Å². The predicted molar refractivity (Wildman–Crippen MR) is 198 cm³/mol. The summed E-state index contributed by atoms with van der Waals surface area (Å²) >= 11 is 1.66. The Bertz CT molecular complexity index is 1200. The van der Waals surface area contributed by atoms with Crippen LogP contribution in [-0.4, -0.2) is 124 Å². The summed E-state index contributed by atoms with van der Waals surface area (Å²) in [5.41, 5.74) is 0. The van der Waals surface area contributed by atoms with Gasteiger partial charge in [0.15, 0.2) is 0 Å². The first-order chi connectivity index (χ1) is 23.7. The fourth-order valence-corrected chi connectivity index (χ4v) is 7.83. The van der Waals surface area contributed by atoms with Crippen molar-refractivity contribution in [2.75, 3.05) is 48.5 Å². The Morgan fingerprint density at radius 2 is 1.66 bits per heavy atom. The van der Waals surface area contributed by atoms with Gasteiger partial charge in [-0.15, -0.1) is 11.3 Å². The van der Waals surface area contributed by atoms with Crippen LogP contribution < -0.4 is 16.0 Å². The molecule has 12 nitrogen and oxygen atoms in total. The standard InChI is InChI=1S/C37H65N5O7S/c1-13-24(6)33(41(9)37(46)32(23(4)5)40-36(45)31(38-8)22(2)3)29(48-11)20-30(43)42-21-26(47-10)19-28(42)34(49-12)25(7)35(44)39-17-16-27-15-14-18-50-27/h14-15,18,22-26,28-29,31-34,38H,13,16-17,19-21H2,1-12H3,(H,39,44)(H,40,45)/t24-,25+,26+,28-,29+,31-,32-,33-,34+/m0/s1. The van der Waals surface area contributed by atoms with Gasteiger partial charge in [0.05, 0.1) is 48.8 Å². The summed E-state index contributed by atoms with van der Waals surface area (Å²) in [5, 5.41) is 11.1. The van der Waals surface area contributed by atoms with Crippen LogP contribution in [0.5, 0.6) is 0 Å². The van der Waals surface area contributed by atoms with Crippen molar-refractivity contribution in [3.8, 4) is 0 Å². The summed E-state index contributed by atoms with van der Waals surface area (Å²) in [6.45, 7) is 14.5. The van der Waals surface area contributed by atoms with E-state index in [2.05, 4.69) is 16.0 Å². The number of carbonyl (C=O) groups is 4. The van der Waals surface area contributed by atoms with Crippen LogP contribution in [-0.2, 0) is 39.8 Å². The van der Waals surface area contributed by atoms with E-state index in [1.165, 1.54) is 4.88 Å². The second-order valence-corrected chi connectivity index (χ2v) is 15.4. The van der Waals surface area contributed by atoms with E-state index in [1.807, 2.05) is 66.0 Å². The molecule has 1 aliphatic heterocycles. The molecule has 0 saturated carbocycles. The average molecular weight is 724 g/mol. The van der Waals surface area contributed by atoms with Gasteiger partial charge >= 0.3 is 0 Å². The lowest BCUT2D eigenvalue weighted by Crippen LogP contribution is -2.59. The summed E-state index contributed by atoms with van der Waals surface area (Å²) in [4.78, 5) is 59.4. The normalized spacial score (nSPS) is 20.6. The number of likely N-dealkylation sites (tertiary alicyclic amines) is 1. The molecule has 50 heavy (non-hydrogen) atoms. The van der Waals surface area contributed by atoms with Gasteiger partial charge in [0.25, 0.3) is 0 Å².